The SMILES string of the molecule is CNOC[C@@H]1C[C@H](SC(c2ccccc2)(c2ccccc2)c2ccccc2)CN1C(=O)OCc1ccc([N+](=O)[O-])cc1. The van der Waals surface area contributed by atoms with Crippen LogP contribution in [0.4, 0.5) is 10.5 Å². The minimum atomic E-state index is -0.512. The third-order valence-electron chi connectivity index (χ3n) is 7.42. The quantitative estimate of drug-likeness (QED) is 0.122. The number of ether oxygens (including phenoxy) is 1. The van der Waals surface area contributed by atoms with E-state index in [0.29, 0.717) is 25.1 Å². The summed E-state index contributed by atoms with van der Waals surface area (Å²) in [7, 11) is 1.70. The van der Waals surface area contributed by atoms with Crippen LogP contribution in [0.5, 0.6) is 0 Å². The first-order valence-corrected chi connectivity index (χ1v) is 14.7. The molecule has 1 N–H and O–H groups in total. The predicted molar refractivity (Wildman–Crippen MR) is 164 cm³/mol. The lowest BCUT2D eigenvalue weighted by Crippen LogP contribution is -2.39. The van der Waals surface area contributed by atoms with E-state index in [1.165, 1.54) is 12.1 Å². The lowest BCUT2D eigenvalue weighted by atomic mass is 9.84. The monoisotopic (exact) mass is 583 g/mol. The summed E-state index contributed by atoms with van der Waals surface area (Å²) in [6.45, 7) is 0.817. The number of nitrogens with zero attached hydrogens (tertiary/aromatic N) is 2. The Hall–Kier alpha value is -4.18. The summed E-state index contributed by atoms with van der Waals surface area (Å²) in [5.74, 6) is 0. The van der Waals surface area contributed by atoms with Crippen LogP contribution in [-0.4, -0.2) is 47.4 Å². The maximum atomic E-state index is 13.4. The lowest BCUT2D eigenvalue weighted by Gasteiger charge is -2.37. The topological polar surface area (TPSA) is 93.9 Å². The van der Waals surface area contributed by atoms with Crippen LogP contribution in [0, 0.1) is 10.1 Å². The van der Waals surface area contributed by atoms with Gasteiger partial charge in [-0.1, -0.05) is 91.0 Å². The van der Waals surface area contributed by atoms with Crippen LogP contribution in [0.25, 0.3) is 0 Å². The molecule has 0 saturated carbocycles. The molecule has 9 heteroatoms. The van der Waals surface area contributed by atoms with Gasteiger partial charge in [0.25, 0.3) is 5.69 Å². The number of likely N-dealkylation sites (tertiary alicyclic amines) is 1. The zero-order chi connectivity index (χ0) is 29.4. The van der Waals surface area contributed by atoms with Gasteiger partial charge in [-0.3, -0.25) is 15.0 Å². The number of hydrogen-bond donors (Lipinski definition) is 1. The second-order valence-corrected chi connectivity index (χ2v) is 11.6. The number of non-ortho nitro benzene ring substituents is 1. The molecule has 1 fully saturated rings. The van der Waals surface area contributed by atoms with Crippen LogP contribution in [0.15, 0.2) is 115 Å². The first kappa shape index (κ1) is 29.3. The highest BCUT2D eigenvalue weighted by molar-refractivity contribution is 8.01. The van der Waals surface area contributed by atoms with Crippen LogP contribution in [0.2, 0.25) is 0 Å². The molecule has 0 bridgehead atoms. The zero-order valence-corrected chi connectivity index (χ0v) is 24.1. The van der Waals surface area contributed by atoms with E-state index in [1.54, 1.807) is 24.1 Å². The van der Waals surface area contributed by atoms with Crippen LogP contribution in [0.3, 0.4) is 0 Å². The Bertz CT molecular complexity index is 1360. The van der Waals surface area contributed by atoms with Gasteiger partial charge in [0.15, 0.2) is 0 Å². The third-order valence-corrected chi connectivity index (χ3v) is 9.16. The van der Waals surface area contributed by atoms with Crippen molar-refractivity contribution in [2.75, 3.05) is 20.2 Å². The maximum absolute atomic E-state index is 13.4. The van der Waals surface area contributed by atoms with E-state index < -0.39 is 15.8 Å². The third kappa shape index (κ3) is 6.49. The Kier molecular flexibility index (Phi) is 9.53. The van der Waals surface area contributed by atoms with E-state index in [2.05, 4.69) is 78.3 Å². The van der Waals surface area contributed by atoms with Gasteiger partial charge in [-0.15, -0.1) is 11.8 Å². The van der Waals surface area contributed by atoms with Crippen molar-refractivity contribution < 1.29 is 19.3 Å². The van der Waals surface area contributed by atoms with Crippen LogP contribution in [0.1, 0.15) is 28.7 Å². The Labute approximate surface area is 249 Å². The highest BCUT2D eigenvalue weighted by atomic mass is 32.2. The van der Waals surface area contributed by atoms with E-state index in [0.717, 1.165) is 16.7 Å². The van der Waals surface area contributed by atoms with Crippen molar-refractivity contribution in [1.82, 2.24) is 10.4 Å². The van der Waals surface area contributed by atoms with Gasteiger partial charge in [0.1, 0.15) is 6.61 Å². The Morgan fingerprint density at radius 2 is 1.43 bits per heavy atom. The van der Waals surface area contributed by atoms with Gasteiger partial charge in [0, 0.05) is 31.0 Å². The van der Waals surface area contributed by atoms with Gasteiger partial charge in [0.05, 0.1) is 22.3 Å². The molecular weight excluding hydrogens is 550 g/mol. The number of carbonyl (C=O) groups is 1. The molecule has 216 valence electrons. The Morgan fingerprint density at radius 3 is 1.90 bits per heavy atom. The largest absolute Gasteiger partial charge is 0.445 e. The molecule has 1 aliphatic rings. The van der Waals surface area contributed by atoms with Gasteiger partial charge < -0.3 is 9.64 Å². The summed E-state index contributed by atoms with van der Waals surface area (Å²) in [5, 5.41) is 11.0. The molecule has 0 unspecified atom stereocenters. The van der Waals surface area contributed by atoms with Gasteiger partial charge in [-0.25, -0.2) is 10.3 Å². The average molecular weight is 584 g/mol. The molecule has 0 aromatic heterocycles. The Balaban J connectivity index is 1.42. The first-order chi connectivity index (χ1) is 20.5. The van der Waals surface area contributed by atoms with E-state index in [1.807, 2.05) is 30.0 Å². The van der Waals surface area contributed by atoms with Crippen LogP contribution >= 0.6 is 11.8 Å². The molecule has 1 heterocycles. The van der Waals surface area contributed by atoms with Crippen molar-refractivity contribution in [3.05, 3.63) is 148 Å². The summed E-state index contributed by atoms with van der Waals surface area (Å²) in [4.78, 5) is 31.2. The van der Waals surface area contributed by atoms with Gasteiger partial charge in [-0.05, 0) is 40.8 Å². The number of nitrogens with one attached hydrogen (secondary N) is 1. The van der Waals surface area contributed by atoms with Crippen LogP contribution in [-0.2, 0) is 20.9 Å². The molecule has 4 aromatic rings. The van der Waals surface area contributed by atoms with Crippen molar-refractivity contribution in [2.24, 2.45) is 0 Å². The van der Waals surface area contributed by atoms with E-state index in [-0.39, 0.29) is 23.6 Å². The number of nitro groups is 1. The van der Waals surface area contributed by atoms with Gasteiger partial charge >= 0.3 is 6.09 Å². The zero-order valence-electron chi connectivity index (χ0n) is 23.3. The highest BCUT2D eigenvalue weighted by Crippen LogP contribution is 2.52. The average Bonchev–Trinajstić information content (AvgIpc) is 3.45. The molecule has 1 amide bonds. The maximum Gasteiger partial charge on any atom is 0.410 e. The number of hydroxylamine groups is 1. The smallest absolute Gasteiger partial charge is 0.410 e. The number of hydrogen-bond acceptors (Lipinski definition) is 7. The minimum absolute atomic E-state index is 0.00695. The normalized spacial score (nSPS) is 16.7. The van der Waals surface area contributed by atoms with Crippen molar-refractivity contribution in [2.45, 2.75) is 29.1 Å². The second-order valence-electron chi connectivity index (χ2n) is 10.1. The summed E-state index contributed by atoms with van der Waals surface area (Å²) < 4.78 is 5.17. The first-order valence-electron chi connectivity index (χ1n) is 13.8. The van der Waals surface area contributed by atoms with Crippen molar-refractivity contribution in [1.29, 1.82) is 0 Å². The van der Waals surface area contributed by atoms with Gasteiger partial charge in [-0.2, -0.15) is 0 Å². The van der Waals surface area contributed by atoms with E-state index in [4.69, 9.17) is 9.57 Å². The fourth-order valence-corrected chi connectivity index (χ4v) is 7.30. The van der Waals surface area contributed by atoms with Crippen LogP contribution < -0.4 is 5.48 Å². The second kappa shape index (κ2) is 13.7. The molecule has 8 nitrogen and oxygen atoms in total. The number of rotatable bonds is 11. The van der Waals surface area contributed by atoms with E-state index in [9.17, 15) is 14.9 Å². The summed E-state index contributed by atoms with van der Waals surface area (Å²) in [5.41, 5.74) is 6.88. The standard InChI is InChI=1S/C33H33N3O5S/c1-34-41-24-30-21-31(22-35(30)32(37)40-23-25-17-19-29(20-18-25)36(38)39)42-33(26-11-5-2-6-12-26,27-13-7-3-8-14-27)28-15-9-4-10-16-28/h2-20,30-31,34H,21-24H2,1H3/t30-,31-/m0/s1. The number of nitro benzene ring substituents is 1. The van der Waals surface area contributed by atoms with Gasteiger partial charge in [0.2, 0.25) is 0 Å². The summed E-state index contributed by atoms with van der Waals surface area (Å²) in [6, 6.07) is 37.3. The molecular formula is C33H33N3O5S. The number of benzene rings is 4. The number of carbonyl (C=O) groups excluding carboxylic acids is 1. The molecule has 0 aliphatic carbocycles. The van der Waals surface area contributed by atoms with Crippen molar-refractivity contribution >= 4 is 23.5 Å². The number of amides is 1. The fourth-order valence-electron chi connectivity index (χ4n) is 5.43. The molecule has 2 atom stereocenters. The lowest BCUT2D eigenvalue weighted by molar-refractivity contribution is -0.384. The molecule has 1 saturated heterocycles. The molecule has 5 rings (SSSR count). The molecule has 0 spiro atoms. The van der Waals surface area contributed by atoms with Crippen molar-refractivity contribution in [3.8, 4) is 0 Å². The summed E-state index contributed by atoms with van der Waals surface area (Å²) >= 11 is 1.85. The van der Waals surface area contributed by atoms with E-state index >= 15 is 0 Å². The predicted octanol–water partition coefficient (Wildman–Crippen LogP) is 6.55. The summed E-state index contributed by atoms with van der Waals surface area (Å²) in [6.07, 6.45) is 0.277. The van der Waals surface area contributed by atoms with Crippen molar-refractivity contribution in [3.63, 3.8) is 0 Å². The highest BCUT2D eigenvalue weighted by Gasteiger charge is 2.44. The molecule has 42 heavy (non-hydrogen) atoms. The Morgan fingerprint density at radius 1 is 0.905 bits per heavy atom. The number of thioether (sulfide) groups is 1. The minimum Gasteiger partial charge on any atom is -0.445 e. The fraction of sp³-hybridized carbons (Fsp3) is 0.242. The molecule has 1 aliphatic heterocycles. The molecule has 0 radical (unpaired) electrons. The molecule has 4 aromatic carbocycles.